The normalized spacial score (nSPS) is 18.1. The van der Waals surface area contributed by atoms with E-state index in [1.54, 1.807) is 19.1 Å². The van der Waals surface area contributed by atoms with Gasteiger partial charge in [-0.05, 0) is 36.8 Å². The largest absolute Gasteiger partial charge is 0.478 e. The van der Waals surface area contributed by atoms with Crippen molar-refractivity contribution in [2.75, 3.05) is 16.8 Å². The number of rotatable bonds is 3. The van der Waals surface area contributed by atoms with Crippen molar-refractivity contribution in [2.24, 2.45) is 0 Å². The minimum absolute atomic E-state index is 0.202. The summed E-state index contributed by atoms with van der Waals surface area (Å²) in [5.41, 5.74) is 1.29. The molecule has 0 radical (unpaired) electrons. The zero-order chi connectivity index (χ0) is 13.8. The van der Waals surface area contributed by atoms with Crippen LogP contribution in [0.4, 0.5) is 10.5 Å². The molecule has 1 fully saturated rings. The molecule has 1 aromatic rings. The first-order chi connectivity index (χ1) is 9.08. The van der Waals surface area contributed by atoms with E-state index in [1.165, 1.54) is 6.07 Å². The van der Waals surface area contributed by atoms with Crippen LogP contribution in [0.25, 0.3) is 0 Å². The van der Waals surface area contributed by atoms with E-state index >= 15 is 0 Å². The van der Waals surface area contributed by atoms with E-state index in [9.17, 15) is 9.59 Å². The summed E-state index contributed by atoms with van der Waals surface area (Å²) in [7, 11) is 0. The summed E-state index contributed by atoms with van der Waals surface area (Å²) >= 11 is 1.82. The molecule has 3 N–H and O–H groups in total. The van der Waals surface area contributed by atoms with Crippen molar-refractivity contribution in [1.29, 1.82) is 0 Å². The number of hydrogen-bond donors (Lipinski definition) is 3. The van der Waals surface area contributed by atoms with Crippen molar-refractivity contribution in [3.8, 4) is 0 Å². The van der Waals surface area contributed by atoms with Crippen LogP contribution in [0, 0.1) is 6.92 Å². The third-order valence-electron chi connectivity index (χ3n) is 3.08. The number of urea groups is 1. The molecule has 0 spiro atoms. The molecule has 2 amide bonds. The lowest BCUT2D eigenvalue weighted by Crippen LogP contribution is -2.38. The zero-order valence-electron chi connectivity index (χ0n) is 10.6. The Balaban J connectivity index is 2.04. The van der Waals surface area contributed by atoms with E-state index in [4.69, 9.17) is 5.11 Å². The van der Waals surface area contributed by atoms with Gasteiger partial charge in [-0.1, -0.05) is 6.07 Å². The van der Waals surface area contributed by atoms with Crippen LogP contribution in [0.5, 0.6) is 0 Å². The first-order valence-electron chi connectivity index (χ1n) is 6.06. The van der Waals surface area contributed by atoms with Crippen LogP contribution in [0.15, 0.2) is 18.2 Å². The number of carboxylic acids is 1. The van der Waals surface area contributed by atoms with E-state index < -0.39 is 5.97 Å². The van der Waals surface area contributed by atoms with Crippen LogP contribution in [0.1, 0.15) is 22.3 Å². The number of hydrogen-bond acceptors (Lipinski definition) is 3. The number of carbonyl (C=O) groups is 2. The summed E-state index contributed by atoms with van der Waals surface area (Å²) in [5.74, 6) is 1.01. The summed E-state index contributed by atoms with van der Waals surface area (Å²) in [5, 5.41) is 14.6. The van der Waals surface area contributed by atoms with E-state index in [0.29, 0.717) is 11.3 Å². The number of aromatic carboxylic acids is 1. The molecule has 0 bridgehead atoms. The second kappa shape index (κ2) is 5.97. The third-order valence-corrected chi connectivity index (χ3v) is 4.24. The van der Waals surface area contributed by atoms with Crippen LogP contribution in [0.2, 0.25) is 0 Å². The highest BCUT2D eigenvalue weighted by molar-refractivity contribution is 7.99. The molecule has 1 saturated heterocycles. The van der Waals surface area contributed by atoms with Gasteiger partial charge in [0.05, 0.1) is 5.56 Å². The van der Waals surface area contributed by atoms with E-state index in [0.717, 1.165) is 17.9 Å². The lowest BCUT2D eigenvalue weighted by molar-refractivity contribution is 0.0696. The standard InChI is InChI=1S/C13H16N2O3S/c1-8-10(12(16)17)3-2-4-11(8)15-13(18)14-9-5-6-19-7-9/h2-4,9H,5-7H2,1H3,(H,16,17)(H2,14,15,18). The summed E-state index contributed by atoms with van der Waals surface area (Å²) in [6.45, 7) is 1.69. The fourth-order valence-electron chi connectivity index (χ4n) is 1.99. The van der Waals surface area contributed by atoms with Gasteiger partial charge < -0.3 is 15.7 Å². The number of benzene rings is 1. The van der Waals surface area contributed by atoms with E-state index in [2.05, 4.69) is 10.6 Å². The molecule has 0 saturated carbocycles. The Hall–Kier alpha value is -1.69. The van der Waals surface area contributed by atoms with Gasteiger partial charge in [0.2, 0.25) is 0 Å². The summed E-state index contributed by atoms with van der Waals surface area (Å²) in [6, 6.07) is 4.77. The highest BCUT2D eigenvalue weighted by Crippen LogP contribution is 2.20. The molecule has 1 atom stereocenters. The van der Waals surface area contributed by atoms with Gasteiger partial charge in [-0.2, -0.15) is 11.8 Å². The molecular weight excluding hydrogens is 264 g/mol. The molecule has 1 unspecified atom stereocenters. The van der Waals surface area contributed by atoms with Gasteiger partial charge in [-0.25, -0.2) is 9.59 Å². The second-order valence-electron chi connectivity index (χ2n) is 4.44. The van der Waals surface area contributed by atoms with E-state index in [1.807, 2.05) is 11.8 Å². The molecule has 102 valence electrons. The van der Waals surface area contributed by atoms with Gasteiger partial charge in [0.15, 0.2) is 0 Å². The van der Waals surface area contributed by atoms with Crippen LogP contribution in [-0.4, -0.2) is 34.7 Å². The lowest BCUT2D eigenvalue weighted by Gasteiger charge is -2.14. The Kier molecular flexibility index (Phi) is 4.31. The summed E-state index contributed by atoms with van der Waals surface area (Å²) in [6.07, 6.45) is 0.978. The number of carbonyl (C=O) groups excluding carboxylic acids is 1. The van der Waals surface area contributed by atoms with Crippen molar-refractivity contribution in [2.45, 2.75) is 19.4 Å². The maximum absolute atomic E-state index is 11.8. The molecule has 6 heteroatoms. The average molecular weight is 280 g/mol. The molecule has 1 heterocycles. The highest BCUT2D eigenvalue weighted by atomic mass is 32.2. The molecule has 1 aliphatic heterocycles. The summed E-state index contributed by atoms with van der Waals surface area (Å²) in [4.78, 5) is 22.8. The van der Waals surface area contributed by atoms with Crippen LogP contribution in [0.3, 0.4) is 0 Å². The summed E-state index contributed by atoms with van der Waals surface area (Å²) < 4.78 is 0. The highest BCUT2D eigenvalue weighted by Gasteiger charge is 2.18. The van der Waals surface area contributed by atoms with Crippen molar-refractivity contribution in [3.05, 3.63) is 29.3 Å². The van der Waals surface area contributed by atoms with E-state index in [-0.39, 0.29) is 17.6 Å². The zero-order valence-corrected chi connectivity index (χ0v) is 11.4. The van der Waals surface area contributed by atoms with Crippen molar-refractivity contribution >= 4 is 29.4 Å². The second-order valence-corrected chi connectivity index (χ2v) is 5.59. The first-order valence-corrected chi connectivity index (χ1v) is 7.21. The number of carboxylic acid groups (broad SMARTS) is 1. The van der Waals surface area contributed by atoms with Crippen molar-refractivity contribution in [1.82, 2.24) is 5.32 Å². The predicted molar refractivity (Wildman–Crippen MR) is 76.0 cm³/mol. The number of amides is 2. The number of anilines is 1. The van der Waals surface area contributed by atoms with Gasteiger partial charge >= 0.3 is 12.0 Å². The molecule has 2 rings (SSSR count). The topological polar surface area (TPSA) is 78.4 Å². The molecule has 1 aromatic carbocycles. The smallest absolute Gasteiger partial charge is 0.336 e. The molecular formula is C13H16N2O3S. The molecule has 0 aromatic heterocycles. The van der Waals surface area contributed by atoms with Gasteiger partial charge in [-0.15, -0.1) is 0 Å². The van der Waals surface area contributed by atoms with Crippen LogP contribution < -0.4 is 10.6 Å². The van der Waals surface area contributed by atoms with Gasteiger partial charge in [0, 0.05) is 17.5 Å². The van der Waals surface area contributed by atoms with Gasteiger partial charge in [-0.3, -0.25) is 0 Å². The fourth-order valence-corrected chi connectivity index (χ4v) is 3.15. The van der Waals surface area contributed by atoms with Gasteiger partial charge in [0.25, 0.3) is 0 Å². The maximum Gasteiger partial charge on any atom is 0.336 e. The van der Waals surface area contributed by atoms with Gasteiger partial charge in [0.1, 0.15) is 0 Å². The molecule has 1 aliphatic rings. The lowest BCUT2D eigenvalue weighted by atomic mass is 10.1. The van der Waals surface area contributed by atoms with Crippen molar-refractivity contribution in [3.63, 3.8) is 0 Å². The predicted octanol–water partition coefficient (Wildman–Crippen LogP) is 2.32. The van der Waals surface area contributed by atoms with Crippen molar-refractivity contribution < 1.29 is 14.7 Å². The number of thioether (sulfide) groups is 1. The SMILES string of the molecule is Cc1c(NC(=O)NC2CCSC2)cccc1C(=O)O. The van der Waals surface area contributed by atoms with Crippen LogP contribution >= 0.6 is 11.8 Å². The Morgan fingerprint density at radius 2 is 2.21 bits per heavy atom. The Labute approximate surface area is 115 Å². The Morgan fingerprint density at radius 3 is 2.84 bits per heavy atom. The quantitative estimate of drug-likeness (QED) is 0.794. The first kappa shape index (κ1) is 13.7. The Bertz CT molecular complexity index is 499. The molecule has 0 aliphatic carbocycles. The average Bonchev–Trinajstić information content (AvgIpc) is 2.84. The fraction of sp³-hybridized carbons (Fsp3) is 0.385. The maximum atomic E-state index is 11.8. The Morgan fingerprint density at radius 1 is 1.42 bits per heavy atom. The monoisotopic (exact) mass is 280 g/mol. The minimum atomic E-state index is -0.992. The third kappa shape index (κ3) is 3.41. The minimum Gasteiger partial charge on any atom is -0.478 e. The number of nitrogens with one attached hydrogen (secondary N) is 2. The van der Waals surface area contributed by atoms with Crippen LogP contribution in [-0.2, 0) is 0 Å². The molecule has 5 nitrogen and oxygen atoms in total. The molecule has 19 heavy (non-hydrogen) atoms.